The number of ether oxygens (including phenoxy) is 1. The molecule has 0 saturated carbocycles. The summed E-state index contributed by atoms with van der Waals surface area (Å²) in [4.78, 5) is 20.5. The fourth-order valence-corrected chi connectivity index (χ4v) is 3.12. The third-order valence-electron chi connectivity index (χ3n) is 4.29. The number of nitrogens with one attached hydrogen (secondary N) is 2. The summed E-state index contributed by atoms with van der Waals surface area (Å²) < 4.78 is 5.52. The number of rotatable bonds is 5. The number of benzene rings is 3. The first-order valence-electron chi connectivity index (χ1n) is 8.93. The molecule has 3 aromatic carbocycles. The molecular weight excluding hydrogens is 374 g/mol. The molecule has 0 aliphatic heterocycles. The van der Waals surface area contributed by atoms with E-state index in [1.165, 1.54) is 0 Å². The van der Waals surface area contributed by atoms with E-state index in [1.807, 2.05) is 55.5 Å². The highest BCUT2D eigenvalue weighted by Crippen LogP contribution is 2.26. The number of halogens is 1. The Balaban J connectivity index is 1.54. The summed E-state index contributed by atoms with van der Waals surface area (Å²) >= 11 is 6.00. The maximum atomic E-state index is 12.6. The van der Waals surface area contributed by atoms with Gasteiger partial charge in [-0.25, -0.2) is 4.98 Å². The first-order chi connectivity index (χ1) is 13.6. The standard InChI is InChI=1S/C22H18ClN3O2/c1-2-28-20-13-15(23)9-12-17(20)22(27)24-16-10-7-14(8-11-16)21-25-18-5-3-4-6-19(18)26-21/h3-13H,2H2,1H3,(H,24,27)(H,25,26). The van der Waals surface area contributed by atoms with Gasteiger partial charge in [-0.1, -0.05) is 23.7 Å². The molecule has 2 N–H and O–H groups in total. The lowest BCUT2D eigenvalue weighted by Gasteiger charge is -2.11. The number of aromatic nitrogens is 2. The second kappa shape index (κ2) is 7.74. The molecule has 0 radical (unpaired) electrons. The van der Waals surface area contributed by atoms with E-state index in [0.29, 0.717) is 28.6 Å². The van der Waals surface area contributed by atoms with Gasteiger partial charge in [0.2, 0.25) is 0 Å². The predicted octanol–water partition coefficient (Wildman–Crippen LogP) is 5.53. The molecule has 0 unspecified atom stereocenters. The molecular formula is C22H18ClN3O2. The molecule has 0 aliphatic carbocycles. The number of amides is 1. The molecule has 28 heavy (non-hydrogen) atoms. The number of carbonyl (C=O) groups excluding carboxylic acids is 1. The van der Waals surface area contributed by atoms with Crippen molar-refractivity contribution in [3.05, 3.63) is 77.3 Å². The summed E-state index contributed by atoms with van der Waals surface area (Å²) in [6.45, 7) is 2.31. The SMILES string of the molecule is CCOc1cc(Cl)ccc1C(=O)Nc1ccc(-c2nc3ccccc3[nH]2)cc1. The maximum absolute atomic E-state index is 12.6. The van der Waals surface area contributed by atoms with Gasteiger partial charge in [0.15, 0.2) is 0 Å². The Morgan fingerprint density at radius 1 is 1.11 bits per heavy atom. The van der Waals surface area contributed by atoms with Crippen molar-refractivity contribution in [3.8, 4) is 17.1 Å². The van der Waals surface area contributed by atoms with E-state index in [2.05, 4.69) is 15.3 Å². The minimum Gasteiger partial charge on any atom is -0.493 e. The third-order valence-corrected chi connectivity index (χ3v) is 4.53. The Hall–Kier alpha value is -3.31. The minimum absolute atomic E-state index is 0.253. The zero-order valence-corrected chi connectivity index (χ0v) is 16.0. The molecule has 0 aliphatic rings. The Kier molecular flexibility index (Phi) is 5.00. The molecule has 0 spiro atoms. The van der Waals surface area contributed by atoms with Gasteiger partial charge in [-0.2, -0.15) is 0 Å². The number of carbonyl (C=O) groups is 1. The van der Waals surface area contributed by atoms with Crippen LogP contribution in [0, 0.1) is 0 Å². The number of nitrogens with zero attached hydrogens (tertiary/aromatic N) is 1. The van der Waals surface area contributed by atoms with E-state index in [0.717, 1.165) is 22.4 Å². The third kappa shape index (κ3) is 3.70. The van der Waals surface area contributed by atoms with Crippen LogP contribution >= 0.6 is 11.6 Å². The molecule has 4 rings (SSSR count). The Bertz CT molecular complexity index is 1100. The Morgan fingerprint density at radius 3 is 2.64 bits per heavy atom. The van der Waals surface area contributed by atoms with Crippen LogP contribution < -0.4 is 10.1 Å². The van der Waals surface area contributed by atoms with Crippen LogP contribution in [0.15, 0.2) is 66.7 Å². The molecule has 1 heterocycles. The largest absolute Gasteiger partial charge is 0.493 e. The van der Waals surface area contributed by atoms with E-state index in [9.17, 15) is 4.79 Å². The fraction of sp³-hybridized carbons (Fsp3) is 0.0909. The van der Waals surface area contributed by atoms with Crippen molar-refractivity contribution in [2.24, 2.45) is 0 Å². The highest BCUT2D eigenvalue weighted by molar-refractivity contribution is 6.31. The van der Waals surface area contributed by atoms with E-state index in [4.69, 9.17) is 16.3 Å². The van der Waals surface area contributed by atoms with Crippen LogP contribution in [0.2, 0.25) is 5.02 Å². The second-order valence-corrected chi connectivity index (χ2v) is 6.64. The van der Waals surface area contributed by atoms with Crippen molar-refractivity contribution in [1.29, 1.82) is 0 Å². The van der Waals surface area contributed by atoms with Crippen LogP contribution in [0.5, 0.6) is 5.75 Å². The van der Waals surface area contributed by atoms with Crippen molar-refractivity contribution in [2.45, 2.75) is 6.92 Å². The molecule has 140 valence electrons. The van der Waals surface area contributed by atoms with Gasteiger partial charge in [0.1, 0.15) is 11.6 Å². The topological polar surface area (TPSA) is 67.0 Å². The van der Waals surface area contributed by atoms with Crippen LogP contribution in [0.1, 0.15) is 17.3 Å². The Morgan fingerprint density at radius 2 is 1.89 bits per heavy atom. The van der Waals surface area contributed by atoms with E-state index < -0.39 is 0 Å². The van der Waals surface area contributed by atoms with Gasteiger partial charge in [-0.15, -0.1) is 0 Å². The lowest BCUT2D eigenvalue weighted by atomic mass is 10.1. The molecule has 1 aromatic heterocycles. The van der Waals surface area contributed by atoms with Crippen molar-refractivity contribution in [3.63, 3.8) is 0 Å². The average molecular weight is 392 g/mol. The van der Waals surface area contributed by atoms with Gasteiger partial charge in [0, 0.05) is 16.3 Å². The predicted molar refractivity (Wildman–Crippen MR) is 112 cm³/mol. The molecule has 4 aromatic rings. The summed E-state index contributed by atoms with van der Waals surface area (Å²) in [5.74, 6) is 0.999. The van der Waals surface area contributed by atoms with Gasteiger partial charge >= 0.3 is 0 Å². The number of hydrogen-bond donors (Lipinski definition) is 2. The maximum Gasteiger partial charge on any atom is 0.259 e. The van der Waals surface area contributed by atoms with E-state index in [-0.39, 0.29) is 5.91 Å². The lowest BCUT2D eigenvalue weighted by Crippen LogP contribution is -2.13. The van der Waals surface area contributed by atoms with Gasteiger partial charge in [0.25, 0.3) is 5.91 Å². The summed E-state index contributed by atoms with van der Waals surface area (Å²) in [5.41, 5.74) is 3.97. The summed E-state index contributed by atoms with van der Waals surface area (Å²) in [6, 6.07) is 20.4. The summed E-state index contributed by atoms with van der Waals surface area (Å²) in [7, 11) is 0. The van der Waals surface area contributed by atoms with Crippen LogP contribution in [0.4, 0.5) is 5.69 Å². The number of imidazole rings is 1. The Labute approximate surface area is 167 Å². The smallest absolute Gasteiger partial charge is 0.259 e. The number of hydrogen-bond acceptors (Lipinski definition) is 3. The van der Waals surface area contributed by atoms with Crippen LogP contribution in [0.3, 0.4) is 0 Å². The number of H-pyrrole nitrogens is 1. The number of para-hydroxylation sites is 2. The van der Waals surface area contributed by atoms with Gasteiger partial charge in [0.05, 0.1) is 23.2 Å². The molecule has 5 nitrogen and oxygen atoms in total. The normalized spacial score (nSPS) is 10.8. The zero-order chi connectivity index (χ0) is 19.5. The zero-order valence-electron chi connectivity index (χ0n) is 15.2. The minimum atomic E-state index is -0.253. The van der Waals surface area contributed by atoms with Crippen molar-refractivity contribution in [1.82, 2.24) is 9.97 Å². The van der Waals surface area contributed by atoms with Crippen LogP contribution in [-0.2, 0) is 0 Å². The van der Waals surface area contributed by atoms with E-state index >= 15 is 0 Å². The van der Waals surface area contributed by atoms with Crippen molar-refractivity contribution >= 4 is 34.2 Å². The average Bonchev–Trinajstić information content (AvgIpc) is 3.13. The second-order valence-electron chi connectivity index (χ2n) is 6.21. The highest BCUT2D eigenvalue weighted by Gasteiger charge is 2.14. The monoisotopic (exact) mass is 391 g/mol. The molecule has 0 atom stereocenters. The number of fused-ring (bicyclic) bond motifs is 1. The van der Waals surface area contributed by atoms with Crippen molar-refractivity contribution < 1.29 is 9.53 Å². The number of anilines is 1. The summed E-state index contributed by atoms with van der Waals surface area (Å²) in [6.07, 6.45) is 0. The summed E-state index contributed by atoms with van der Waals surface area (Å²) in [5, 5.41) is 3.41. The van der Waals surface area contributed by atoms with Gasteiger partial charge < -0.3 is 15.0 Å². The first kappa shape index (κ1) is 18.1. The molecule has 0 saturated heterocycles. The highest BCUT2D eigenvalue weighted by atomic mass is 35.5. The van der Waals surface area contributed by atoms with Crippen LogP contribution in [-0.4, -0.2) is 22.5 Å². The van der Waals surface area contributed by atoms with Gasteiger partial charge in [-0.3, -0.25) is 4.79 Å². The number of aromatic amines is 1. The molecule has 1 amide bonds. The molecule has 0 bridgehead atoms. The van der Waals surface area contributed by atoms with Crippen molar-refractivity contribution in [2.75, 3.05) is 11.9 Å². The molecule has 6 heteroatoms. The fourth-order valence-electron chi connectivity index (χ4n) is 2.96. The first-order valence-corrected chi connectivity index (χ1v) is 9.30. The molecule has 0 fully saturated rings. The van der Waals surface area contributed by atoms with Gasteiger partial charge in [-0.05, 0) is 61.5 Å². The van der Waals surface area contributed by atoms with Crippen LogP contribution in [0.25, 0.3) is 22.4 Å². The quantitative estimate of drug-likeness (QED) is 0.469. The lowest BCUT2D eigenvalue weighted by molar-refractivity contribution is 0.102. The van der Waals surface area contributed by atoms with E-state index in [1.54, 1.807) is 18.2 Å².